The Morgan fingerprint density at radius 1 is 0.256 bits per heavy atom. The van der Waals surface area contributed by atoms with E-state index in [1.807, 2.05) is 0 Å². The van der Waals surface area contributed by atoms with Gasteiger partial charge in [0.1, 0.15) is 0 Å². The third-order valence-corrected chi connectivity index (χ3v) is 8.41. The second kappa shape index (κ2) is 42.2. The largest absolute Gasteiger partial charge is 0.317 e. The van der Waals surface area contributed by atoms with Crippen molar-refractivity contribution in [2.45, 2.75) is 219 Å². The minimum Gasteiger partial charge on any atom is -0.317 e. The van der Waals surface area contributed by atoms with Crippen molar-refractivity contribution in [2.24, 2.45) is 0 Å². The average Bonchev–Trinajstić information content (AvgIpc) is 2.96. The normalized spacial score (nSPS) is 11.0. The summed E-state index contributed by atoms with van der Waals surface area (Å²) < 4.78 is 0. The molecule has 0 aliphatic heterocycles. The molecule has 0 aromatic carbocycles. The van der Waals surface area contributed by atoms with Crippen molar-refractivity contribution in [3.63, 3.8) is 0 Å². The van der Waals surface area contributed by atoms with Crippen molar-refractivity contribution >= 4 is 0 Å². The molecule has 0 aromatic heterocycles. The first-order chi connectivity index (χ1) is 19.4. The van der Waals surface area contributed by atoms with Gasteiger partial charge in [0.15, 0.2) is 0 Å². The Morgan fingerprint density at radius 3 is 0.590 bits per heavy atom. The van der Waals surface area contributed by atoms with Crippen molar-refractivity contribution in [1.82, 2.24) is 5.32 Å². The predicted molar refractivity (Wildman–Crippen MR) is 183 cm³/mol. The zero-order valence-electron chi connectivity index (χ0n) is 28.0. The van der Waals surface area contributed by atoms with Gasteiger partial charge in [0.25, 0.3) is 0 Å². The molecule has 1 nitrogen and oxygen atoms in total. The fourth-order valence-electron chi connectivity index (χ4n) is 5.72. The van der Waals surface area contributed by atoms with E-state index in [0.717, 1.165) is 0 Å². The van der Waals surface area contributed by atoms with Crippen LogP contribution in [0.15, 0.2) is 13.2 Å². The lowest BCUT2D eigenvalue weighted by Gasteiger charge is -2.06. The van der Waals surface area contributed by atoms with E-state index >= 15 is 0 Å². The topological polar surface area (TPSA) is 12.0 Å². The molecule has 0 radical (unpaired) electrons. The van der Waals surface area contributed by atoms with E-state index < -0.39 is 0 Å². The molecule has 0 bridgehead atoms. The molecule has 1 heteroatoms. The Kier molecular flexibility index (Phi) is 44.2. The van der Waals surface area contributed by atoms with Crippen molar-refractivity contribution < 1.29 is 0 Å². The number of nitrogens with one attached hydrogen (secondary N) is 1. The van der Waals surface area contributed by atoms with E-state index in [9.17, 15) is 0 Å². The Morgan fingerprint density at radius 2 is 0.410 bits per heavy atom. The zero-order valence-corrected chi connectivity index (χ0v) is 28.0. The van der Waals surface area contributed by atoms with Crippen LogP contribution < -0.4 is 5.32 Å². The van der Waals surface area contributed by atoms with Gasteiger partial charge in [-0.05, 0) is 25.9 Å². The standard InChI is InChI=1S/C36H75N.C2H4/c1-3-5-7-9-11-13-15-17-19-21-23-25-27-29-31-33-35-37-36-34-32-30-28-26-24-22-20-18-16-14-12-10-8-6-4-2;1-2/h37H,3-36H2,1-2H3;1-2H2. The van der Waals surface area contributed by atoms with Gasteiger partial charge >= 0.3 is 0 Å². The fourth-order valence-corrected chi connectivity index (χ4v) is 5.72. The summed E-state index contributed by atoms with van der Waals surface area (Å²) in [6, 6.07) is 0. The minimum absolute atomic E-state index is 1.25. The maximum atomic E-state index is 3.68. The quantitative estimate of drug-likeness (QED) is 0.0621. The van der Waals surface area contributed by atoms with Gasteiger partial charge in [-0.25, -0.2) is 0 Å². The van der Waals surface area contributed by atoms with Gasteiger partial charge in [0.05, 0.1) is 0 Å². The molecule has 0 saturated heterocycles. The summed E-state index contributed by atoms with van der Waals surface area (Å²) in [4.78, 5) is 0. The maximum Gasteiger partial charge on any atom is -0.00489 e. The molecule has 0 rings (SSSR count). The Hall–Kier alpha value is -0.300. The van der Waals surface area contributed by atoms with Crippen molar-refractivity contribution in [2.75, 3.05) is 13.1 Å². The molecule has 236 valence electrons. The van der Waals surface area contributed by atoms with Crippen molar-refractivity contribution in [3.8, 4) is 0 Å². The van der Waals surface area contributed by atoms with Gasteiger partial charge in [0.2, 0.25) is 0 Å². The first-order valence-electron chi connectivity index (χ1n) is 18.6. The lowest BCUT2D eigenvalue weighted by atomic mass is 10.0. The monoisotopic (exact) mass is 550 g/mol. The average molecular weight is 550 g/mol. The SMILES string of the molecule is C=C.CCCCCCCCCCCCCCCCCCNCCCCCCCCCCCCCCCCCC. The maximum absolute atomic E-state index is 3.68. The van der Waals surface area contributed by atoms with E-state index in [4.69, 9.17) is 0 Å². The van der Waals surface area contributed by atoms with Gasteiger partial charge in [-0.3, -0.25) is 0 Å². The summed E-state index contributed by atoms with van der Waals surface area (Å²) in [6.07, 6.45) is 46.7. The van der Waals surface area contributed by atoms with Crippen LogP contribution in [0.1, 0.15) is 219 Å². The Labute approximate surface area is 250 Å². The molecule has 0 unspecified atom stereocenters. The van der Waals surface area contributed by atoms with Gasteiger partial charge < -0.3 is 5.32 Å². The van der Waals surface area contributed by atoms with Crippen LogP contribution in [0.5, 0.6) is 0 Å². The Balaban J connectivity index is 0. The van der Waals surface area contributed by atoms with E-state index in [0.29, 0.717) is 0 Å². The highest BCUT2D eigenvalue weighted by atomic mass is 14.8. The number of rotatable bonds is 34. The summed E-state index contributed by atoms with van der Waals surface area (Å²) in [5.74, 6) is 0. The molecule has 0 fully saturated rings. The highest BCUT2D eigenvalue weighted by Gasteiger charge is 1.97. The van der Waals surface area contributed by atoms with E-state index in [2.05, 4.69) is 32.3 Å². The van der Waals surface area contributed by atoms with Gasteiger partial charge in [-0.1, -0.05) is 206 Å². The first kappa shape index (κ1) is 40.8. The van der Waals surface area contributed by atoms with Crippen LogP contribution in [0.25, 0.3) is 0 Å². The zero-order chi connectivity index (χ0) is 28.7. The lowest BCUT2D eigenvalue weighted by molar-refractivity contribution is 0.515. The van der Waals surface area contributed by atoms with Gasteiger partial charge in [-0.15, -0.1) is 13.2 Å². The number of hydrogen-bond donors (Lipinski definition) is 1. The van der Waals surface area contributed by atoms with Crippen LogP contribution in [0.3, 0.4) is 0 Å². The van der Waals surface area contributed by atoms with E-state index in [1.54, 1.807) is 0 Å². The smallest absolute Gasteiger partial charge is 0.00489 e. The highest BCUT2D eigenvalue weighted by molar-refractivity contribution is 4.54. The molecule has 39 heavy (non-hydrogen) atoms. The molecule has 0 saturated carbocycles. The minimum atomic E-state index is 1.25. The summed E-state index contributed by atoms with van der Waals surface area (Å²) >= 11 is 0. The predicted octanol–water partition coefficient (Wildman–Crippen LogP) is 13.9. The second-order valence-corrected chi connectivity index (χ2v) is 12.4. The molecule has 0 aliphatic carbocycles. The molecule has 0 heterocycles. The van der Waals surface area contributed by atoms with Gasteiger partial charge in [-0.2, -0.15) is 0 Å². The van der Waals surface area contributed by atoms with Crippen LogP contribution >= 0.6 is 0 Å². The third kappa shape index (κ3) is 42.3. The molecule has 0 aliphatic rings. The van der Waals surface area contributed by atoms with Gasteiger partial charge in [0, 0.05) is 0 Å². The second-order valence-electron chi connectivity index (χ2n) is 12.4. The fraction of sp³-hybridized carbons (Fsp3) is 0.947. The van der Waals surface area contributed by atoms with Crippen LogP contribution in [0.4, 0.5) is 0 Å². The van der Waals surface area contributed by atoms with Crippen LogP contribution in [-0.4, -0.2) is 13.1 Å². The Bertz CT molecular complexity index is 345. The highest BCUT2D eigenvalue weighted by Crippen LogP contribution is 2.15. The summed E-state index contributed by atoms with van der Waals surface area (Å²) in [5.41, 5.74) is 0. The molecular formula is C38H79N. The molecule has 0 amide bonds. The van der Waals surface area contributed by atoms with E-state index in [1.165, 1.54) is 219 Å². The summed E-state index contributed by atoms with van der Waals surface area (Å²) in [5, 5.41) is 3.68. The number of hydrogen-bond acceptors (Lipinski definition) is 1. The van der Waals surface area contributed by atoms with Crippen molar-refractivity contribution in [1.29, 1.82) is 0 Å². The third-order valence-electron chi connectivity index (χ3n) is 8.41. The van der Waals surface area contributed by atoms with Crippen molar-refractivity contribution in [3.05, 3.63) is 13.2 Å². The molecule has 0 aromatic rings. The van der Waals surface area contributed by atoms with Crippen LogP contribution in [0, 0.1) is 0 Å². The number of unbranched alkanes of at least 4 members (excludes halogenated alkanes) is 30. The lowest BCUT2D eigenvalue weighted by Crippen LogP contribution is -2.16. The van der Waals surface area contributed by atoms with E-state index in [-0.39, 0.29) is 0 Å². The molecular weight excluding hydrogens is 470 g/mol. The summed E-state index contributed by atoms with van der Waals surface area (Å²) in [6.45, 7) is 13.1. The molecule has 0 atom stereocenters. The molecule has 1 N–H and O–H groups in total. The van der Waals surface area contributed by atoms with Crippen LogP contribution in [0.2, 0.25) is 0 Å². The first-order valence-corrected chi connectivity index (χ1v) is 18.6. The summed E-state index contributed by atoms with van der Waals surface area (Å²) in [7, 11) is 0. The van der Waals surface area contributed by atoms with Crippen LogP contribution in [-0.2, 0) is 0 Å². The molecule has 0 spiro atoms.